The first-order valence-corrected chi connectivity index (χ1v) is 14.0. The molecule has 0 heterocycles. The molecule has 0 aromatic heterocycles. The Morgan fingerprint density at radius 3 is 1.20 bits per heavy atom. The number of hydrogen-bond acceptors (Lipinski definition) is 8. The first-order chi connectivity index (χ1) is 19.6. The molecule has 8 nitrogen and oxygen atoms in total. The van der Waals surface area contributed by atoms with Crippen LogP contribution in [-0.4, -0.2) is 102 Å². The van der Waals surface area contributed by atoms with Crippen LogP contribution in [0.25, 0.3) is 21.5 Å². The van der Waals surface area contributed by atoms with Gasteiger partial charge in [0.05, 0.1) is 24.0 Å². The minimum atomic E-state index is -0.657. The van der Waals surface area contributed by atoms with E-state index in [4.69, 9.17) is 18.9 Å². The third-order valence-electron chi connectivity index (χ3n) is 6.42. The molecule has 4 rings (SSSR count). The molecule has 0 fully saturated rings. The van der Waals surface area contributed by atoms with Crippen molar-refractivity contribution in [3.63, 3.8) is 0 Å². The topological polar surface area (TPSA) is 118 Å². The van der Waals surface area contributed by atoms with Crippen molar-refractivity contribution in [2.24, 2.45) is 0 Å². The average Bonchev–Trinajstić information content (AvgIpc) is 2.93. The van der Waals surface area contributed by atoms with Crippen molar-refractivity contribution in [3.05, 3.63) is 71.8 Å². The van der Waals surface area contributed by atoms with Gasteiger partial charge in [0.15, 0.2) is 0 Å². The van der Waals surface area contributed by atoms with Crippen molar-refractivity contribution in [2.45, 2.75) is 30.4 Å². The molecule has 212 valence electrons. The highest BCUT2D eigenvalue weighted by atomic mass is 16.5. The van der Waals surface area contributed by atoms with E-state index in [-0.39, 0.29) is 26.4 Å². The molecule has 0 aliphatic heterocycles. The summed E-state index contributed by atoms with van der Waals surface area (Å²) < 4.78 is 23.8. The number of benzene rings is 4. The van der Waals surface area contributed by atoms with Gasteiger partial charge in [-0.25, -0.2) is 0 Å². The van der Waals surface area contributed by atoms with E-state index >= 15 is 0 Å². The lowest BCUT2D eigenvalue weighted by molar-refractivity contribution is 0.167. The molecular formula is C29H36B4O8. The van der Waals surface area contributed by atoms with Gasteiger partial charge in [-0.15, -0.1) is 0 Å². The maximum atomic E-state index is 9.96. The quantitative estimate of drug-likeness (QED) is 0.145. The van der Waals surface area contributed by atoms with Crippen LogP contribution in [0.5, 0.6) is 23.0 Å². The smallest absolute Gasteiger partial charge is 0.143 e. The normalized spacial score (nSPS) is 14.3. The molecule has 4 aromatic carbocycles. The van der Waals surface area contributed by atoms with Crippen LogP contribution >= 0.6 is 0 Å². The molecule has 0 bridgehead atoms. The first kappa shape index (κ1) is 30.7. The summed E-state index contributed by atoms with van der Waals surface area (Å²) in [5, 5.41) is 43.1. The van der Waals surface area contributed by atoms with Gasteiger partial charge in [-0.2, -0.15) is 0 Å². The van der Waals surface area contributed by atoms with Gasteiger partial charge in [-0.1, -0.05) is 24.3 Å². The zero-order chi connectivity index (χ0) is 29.5. The molecule has 12 heteroatoms. The van der Waals surface area contributed by atoms with Crippen LogP contribution in [0.3, 0.4) is 0 Å². The van der Waals surface area contributed by atoms with Crippen LogP contribution in [0.2, 0.25) is 0 Å². The van der Waals surface area contributed by atoms with E-state index < -0.39 is 24.0 Å². The highest BCUT2D eigenvalue weighted by Crippen LogP contribution is 2.38. The summed E-state index contributed by atoms with van der Waals surface area (Å²) in [6, 6.07) is 16.7. The average molecular weight is 556 g/mol. The van der Waals surface area contributed by atoms with Crippen LogP contribution in [0.1, 0.15) is 11.1 Å². The van der Waals surface area contributed by atoms with E-state index in [1.54, 1.807) is 31.4 Å². The Bertz CT molecular complexity index is 1340. The lowest BCUT2D eigenvalue weighted by Gasteiger charge is -2.20. The molecule has 4 aromatic rings. The molecule has 0 spiro atoms. The Labute approximate surface area is 243 Å². The first-order valence-electron chi connectivity index (χ1n) is 14.0. The van der Waals surface area contributed by atoms with Crippen molar-refractivity contribution < 1.29 is 39.4 Å². The van der Waals surface area contributed by atoms with Crippen LogP contribution in [-0.2, 0) is 6.42 Å². The minimum Gasteiger partial charge on any atom is -0.492 e. The Hall–Kier alpha value is -3.30. The molecule has 0 saturated carbocycles. The number of ether oxygens (including phenoxy) is 4. The maximum absolute atomic E-state index is 9.96. The van der Waals surface area contributed by atoms with Crippen LogP contribution in [0.4, 0.5) is 0 Å². The zero-order valence-electron chi connectivity index (χ0n) is 24.0. The molecule has 41 heavy (non-hydrogen) atoms. The van der Waals surface area contributed by atoms with Gasteiger partial charge < -0.3 is 39.4 Å². The molecule has 0 aliphatic rings. The van der Waals surface area contributed by atoms with E-state index in [1.807, 2.05) is 60.7 Å². The van der Waals surface area contributed by atoms with E-state index in [0.29, 0.717) is 29.4 Å². The van der Waals surface area contributed by atoms with Crippen molar-refractivity contribution >= 4 is 52.9 Å². The van der Waals surface area contributed by atoms with E-state index in [9.17, 15) is 20.4 Å². The fourth-order valence-electron chi connectivity index (χ4n) is 4.53. The van der Waals surface area contributed by atoms with Gasteiger partial charge in [0.1, 0.15) is 80.8 Å². The molecule has 0 amide bonds. The van der Waals surface area contributed by atoms with Gasteiger partial charge >= 0.3 is 0 Å². The third kappa shape index (κ3) is 8.36. The van der Waals surface area contributed by atoms with Crippen molar-refractivity contribution in [1.29, 1.82) is 0 Å². The summed E-state index contributed by atoms with van der Waals surface area (Å²) in [7, 11) is 6.68. The lowest BCUT2D eigenvalue weighted by Crippen LogP contribution is -2.18. The van der Waals surface area contributed by atoms with Crippen LogP contribution in [0, 0.1) is 0 Å². The Morgan fingerprint density at radius 2 is 0.829 bits per heavy atom. The van der Waals surface area contributed by atoms with Gasteiger partial charge in [-0.05, 0) is 57.9 Å². The van der Waals surface area contributed by atoms with Crippen molar-refractivity contribution in [2.75, 3.05) is 26.4 Å². The summed E-state index contributed by atoms with van der Waals surface area (Å²) in [4.78, 5) is 0. The fourth-order valence-corrected chi connectivity index (χ4v) is 4.53. The van der Waals surface area contributed by atoms with Crippen molar-refractivity contribution in [3.8, 4) is 23.0 Å². The lowest BCUT2D eigenvalue weighted by atomic mass is 9.93. The number of aliphatic hydroxyl groups is 4. The van der Waals surface area contributed by atoms with E-state index in [2.05, 4.69) is 0 Å². The summed E-state index contributed by atoms with van der Waals surface area (Å²) in [6.07, 6.45) is 0.401. The molecule has 4 atom stereocenters. The molecule has 0 radical (unpaired) electrons. The van der Waals surface area contributed by atoms with Gasteiger partial charge in [-0.3, -0.25) is 0 Å². The van der Waals surface area contributed by atoms with Gasteiger partial charge in [0, 0.05) is 17.5 Å². The van der Waals surface area contributed by atoms with E-state index in [0.717, 1.165) is 32.7 Å². The summed E-state index contributed by atoms with van der Waals surface area (Å²) in [5.74, 6) is 2.46. The molecular weight excluding hydrogens is 520 g/mol. The maximum Gasteiger partial charge on any atom is 0.143 e. The van der Waals surface area contributed by atoms with Crippen molar-refractivity contribution in [1.82, 2.24) is 0 Å². The fraction of sp³-hybridized carbons (Fsp3) is 0.310. The molecule has 4 N–H and O–H groups in total. The summed E-state index contributed by atoms with van der Waals surface area (Å²) in [6.45, 7) is 0.563. The number of hydrogen-bond donors (Lipinski definition) is 4. The van der Waals surface area contributed by atoms with Gasteiger partial charge in [0.25, 0.3) is 0 Å². The van der Waals surface area contributed by atoms with Gasteiger partial charge in [0.2, 0.25) is 0 Å². The van der Waals surface area contributed by atoms with Crippen LogP contribution < -0.4 is 18.9 Å². The molecule has 0 aliphatic carbocycles. The largest absolute Gasteiger partial charge is 0.492 e. The molecule has 4 unspecified atom stereocenters. The number of rotatable bonds is 14. The summed E-state index contributed by atoms with van der Waals surface area (Å²) >= 11 is 0. The second-order valence-electron chi connectivity index (χ2n) is 10.7. The monoisotopic (exact) mass is 556 g/mol. The Morgan fingerprint density at radius 1 is 0.488 bits per heavy atom. The summed E-state index contributed by atoms with van der Waals surface area (Å²) in [5.41, 5.74) is 1.74. The van der Waals surface area contributed by atoms with E-state index in [1.165, 1.54) is 0 Å². The predicted molar refractivity (Wildman–Crippen MR) is 171 cm³/mol. The minimum absolute atomic E-state index is 0.120. The number of aliphatic hydroxyl groups excluding tert-OH is 4. The standard InChI is InChI=1S/C29H36B4O8/c30-26(34)12-38-18-5-1-16-3-7-24(40-14-28(32)36)22(20(16)9-18)11-23-21-10-19(39-13-27(31)35)6-2-17(21)4-8-25(23)41-15-29(33)37/h1-10,26-29,34-37H,11-15,30-33H2. The highest BCUT2D eigenvalue weighted by molar-refractivity contribution is 6.11. The van der Waals surface area contributed by atoms with Crippen LogP contribution in [0.15, 0.2) is 60.7 Å². The Kier molecular flexibility index (Phi) is 10.5. The highest BCUT2D eigenvalue weighted by Gasteiger charge is 2.18. The second kappa shape index (κ2) is 14.0. The SMILES string of the molecule is BC(O)COc1ccc2ccc(OCC(B)O)c(Cc3c(OCC(B)O)ccc4ccc(OCC(B)O)cc34)c2c1. The second-order valence-corrected chi connectivity index (χ2v) is 10.7. The zero-order valence-corrected chi connectivity index (χ0v) is 24.0. The third-order valence-corrected chi connectivity index (χ3v) is 6.42. The number of fused-ring (bicyclic) bond motifs is 2. The Balaban J connectivity index is 1.88. The molecule has 0 saturated heterocycles. The predicted octanol–water partition coefficient (Wildman–Crippen LogP) is -1.10.